The van der Waals surface area contributed by atoms with Crippen LogP contribution in [0.4, 0.5) is 0 Å². The Hall–Kier alpha value is -2.82. The molecule has 0 saturated heterocycles. The first-order valence-corrected chi connectivity index (χ1v) is 7.48. The van der Waals surface area contributed by atoms with Gasteiger partial charge in [0.25, 0.3) is 0 Å². The lowest BCUT2D eigenvalue weighted by atomic mass is 9.91. The predicted molar refractivity (Wildman–Crippen MR) is 89.5 cm³/mol. The Kier molecular flexibility index (Phi) is 5.95. The van der Waals surface area contributed by atoms with Gasteiger partial charge in [0.2, 0.25) is 0 Å². The zero-order valence-electron chi connectivity index (χ0n) is 13.9. The molecule has 5 heteroatoms. The quantitative estimate of drug-likeness (QED) is 0.444. The zero-order valence-corrected chi connectivity index (χ0v) is 13.9. The molecule has 2 aromatic rings. The first-order chi connectivity index (χ1) is 11.6. The highest BCUT2D eigenvalue weighted by atomic mass is 16.5. The van der Waals surface area contributed by atoms with E-state index in [0.717, 1.165) is 5.56 Å². The maximum atomic E-state index is 12.8. The zero-order chi connectivity index (χ0) is 17.5. The van der Waals surface area contributed by atoms with E-state index in [1.54, 1.807) is 44.6 Å². The van der Waals surface area contributed by atoms with Crippen LogP contribution < -0.4 is 9.47 Å². The standard InChI is InChI=1S/C19H20O5/c1-22-15-10-8-13(9-11-15)18(20)16(19(21)24-3)12-14-6-4-5-7-17(14)23-2/h4-11,16H,12H2,1-3H3. The molecular weight excluding hydrogens is 308 g/mol. The molecule has 0 bridgehead atoms. The number of hydrogen-bond donors (Lipinski definition) is 0. The van der Waals surface area contributed by atoms with Gasteiger partial charge in [0.15, 0.2) is 5.78 Å². The van der Waals surface area contributed by atoms with Crippen LogP contribution in [0.1, 0.15) is 15.9 Å². The van der Waals surface area contributed by atoms with Crippen LogP contribution in [0.2, 0.25) is 0 Å². The second-order valence-corrected chi connectivity index (χ2v) is 5.18. The molecule has 0 fully saturated rings. The first-order valence-electron chi connectivity index (χ1n) is 7.48. The summed E-state index contributed by atoms with van der Waals surface area (Å²) in [6.45, 7) is 0. The number of ether oxygens (including phenoxy) is 3. The predicted octanol–water partition coefficient (Wildman–Crippen LogP) is 2.92. The molecule has 1 atom stereocenters. The molecule has 5 nitrogen and oxygen atoms in total. The highest BCUT2D eigenvalue weighted by molar-refractivity contribution is 6.08. The highest BCUT2D eigenvalue weighted by Gasteiger charge is 2.29. The van der Waals surface area contributed by atoms with Crippen molar-refractivity contribution in [2.45, 2.75) is 6.42 Å². The number of benzene rings is 2. The van der Waals surface area contributed by atoms with Crippen molar-refractivity contribution in [3.05, 3.63) is 59.7 Å². The molecule has 1 unspecified atom stereocenters. The molecule has 0 radical (unpaired) electrons. The Morgan fingerprint density at radius 2 is 1.58 bits per heavy atom. The van der Waals surface area contributed by atoms with E-state index in [1.807, 2.05) is 18.2 Å². The van der Waals surface area contributed by atoms with E-state index < -0.39 is 11.9 Å². The van der Waals surface area contributed by atoms with Gasteiger partial charge in [-0.05, 0) is 42.3 Å². The van der Waals surface area contributed by atoms with Gasteiger partial charge >= 0.3 is 5.97 Å². The number of ketones is 1. The van der Waals surface area contributed by atoms with Crippen LogP contribution >= 0.6 is 0 Å². The van der Waals surface area contributed by atoms with E-state index in [0.29, 0.717) is 17.1 Å². The van der Waals surface area contributed by atoms with Gasteiger partial charge in [-0.1, -0.05) is 18.2 Å². The minimum Gasteiger partial charge on any atom is -0.497 e. The normalized spacial score (nSPS) is 11.5. The van der Waals surface area contributed by atoms with Gasteiger partial charge in [-0.15, -0.1) is 0 Å². The van der Waals surface area contributed by atoms with E-state index in [9.17, 15) is 9.59 Å². The first kappa shape index (κ1) is 17.5. The van der Waals surface area contributed by atoms with Gasteiger partial charge in [0, 0.05) is 5.56 Å². The van der Waals surface area contributed by atoms with Crippen molar-refractivity contribution in [1.29, 1.82) is 0 Å². The van der Waals surface area contributed by atoms with E-state index in [4.69, 9.17) is 14.2 Å². The maximum Gasteiger partial charge on any atom is 0.316 e. The molecular formula is C19H20O5. The summed E-state index contributed by atoms with van der Waals surface area (Å²) in [5.41, 5.74) is 1.21. The van der Waals surface area contributed by atoms with E-state index >= 15 is 0 Å². The van der Waals surface area contributed by atoms with Crippen LogP contribution in [0.25, 0.3) is 0 Å². The Morgan fingerprint density at radius 3 is 2.17 bits per heavy atom. The van der Waals surface area contributed by atoms with Gasteiger partial charge < -0.3 is 14.2 Å². The molecule has 0 aromatic heterocycles. The third kappa shape index (κ3) is 3.93. The van der Waals surface area contributed by atoms with E-state index in [1.165, 1.54) is 7.11 Å². The Labute approximate surface area is 141 Å². The third-order valence-electron chi connectivity index (χ3n) is 3.79. The average molecular weight is 328 g/mol. The summed E-state index contributed by atoms with van der Waals surface area (Å²) in [6.07, 6.45) is 0.210. The van der Waals surface area contributed by atoms with Crippen LogP contribution in [-0.2, 0) is 16.0 Å². The number of Topliss-reactive ketones (excluding diaryl/α,β-unsaturated/α-hetero) is 1. The Balaban J connectivity index is 2.30. The number of esters is 1. The second-order valence-electron chi connectivity index (χ2n) is 5.18. The van der Waals surface area contributed by atoms with Crippen molar-refractivity contribution in [2.75, 3.05) is 21.3 Å². The highest BCUT2D eigenvalue weighted by Crippen LogP contribution is 2.24. The van der Waals surface area contributed by atoms with Crippen molar-refractivity contribution in [3.63, 3.8) is 0 Å². The van der Waals surface area contributed by atoms with Gasteiger partial charge in [-0.3, -0.25) is 9.59 Å². The van der Waals surface area contributed by atoms with Crippen LogP contribution in [0, 0.1) is 5.92 Å². The summed E-state index contributed by atoms with van der Waals surface area (Å²) in [6, 6.07) is 13.9. The molecule has 0 heterocycles. The van der Waals surface area contributed by atoms with Crippen molar-refractivity contribution >= 4 is 11.8 Å². The molecule has 0 saturated carbocycles. The minimum absolute atomic E-state index is 0.210. The van der Waals surface area contributed by atoms with Gasteiger partial charge in [0.1, 0.15) is 17.4 Å². The molecule has 2 rings (SSSR count). The van der Waals surface area contributed by atoms with Gasteiger partial charge in [-0.2, -0.15) is 0 Å². The van der Waals surface area contributed by atoms with Crippen molar-refractivity contribution in [1.82, 2.24) is 0 Å². The van der Waals surface area contributed by atoms with Gasteiger partial charge in [0.05, 0.1) is 21.3 Å². The monoisotopic (exact) mass is 328 g/mol. The van der Waals surface area contributed by atoms with Crippen LogP contribution in [0.3, 0.4) is 0 Å². The fourth-order valence-corrected chi connectivity index (χ4v) is 2.47. The Bertz CT molecular complexity index is 706. The molecule has 0 aliphatic heterocycles. The number of carbonyl (C=O) groups excluding carboxylic acids is 2. The molecule has 0 aliphatic rings. The smallest absolute Gasteiger partial charge is 0.316 e. The number of rotatable bonds is 7. The summed E-state index contributed by atoms with van der Waals surface area (Å²) in [5, 5.41) is 0. The Morgan fingerprint density at radius 1 is 0.917 bits per heavy atom. The third-order valence-corrected chi connectivity index (χ3v) is 3.79. The van der Waals surface area contributed by atoms with Gasteiger partial charge in [-0.25, -0.2) is 0 Å². The second kappa shape index (κ2) is 8.15. The largest absolute Gasteiger partial charge is 0.497 e. The fourth-order valence-electron chi connectivity index (χ4n) is 2.47. The number of hydrogen-bond acceptors (Lipinski definition) is 5. The topological polar surface area (TPSA) is 61.8 Å². The summed E-state index contributed by atoms with van der Waals surface area (Å²) >= 11 is 0. The van der Waals surface area contributed by atoms with E-state index in [-0.39, 0.29) is 12.2 Å². The van der Waals surface area contributed by atoms with Crippen molar-refractivity contribution in [2.24, 2.45) is 5.92 Å². The molecule has 24 heavy (non-hydrogen) atoms. The number of para-hydroxylation sites is 1. The SMILES string of the molecule is COC(=O)C(Cc1ccccc1OC)C(=O)c1ccc(OC)cc1. The lowest BCUT2D eigenvalue weighted by Crippen LogP contribution is -2.27. The maximum absolute atomic E-state index is 12.8. The lowest BCUT2D eigenvalue weighted by Gasteiger charge is -2.16. The number of carbonyl (C=O) groups is 2. The van der Waals surface area contributed by atoms with Crippen molar-refractivity contribution in [3.8, 4) is 11.5 Å². The molecule has 2 aromatic carbocycles. The van der Waals surface area contributed by atoms with Crippen molar-refractivity contribution < 1.29 is 23.8 Å². The summed E-state index contributed by atoms with van der Waals surface area (Å²) in [5.74, 6) is -0.517. The molecule has 0 amide bonds. The van der Waals surface area contributed by atoms with Crippen LogP contribution in [0.15, 0.2) is 48.5 Å². The minimum atomic E-state index is -0.931. The van der Waals surface area contributed by atoms with Crippen LogP contribution in [0.5, 0.6) is 11.5 Å². The summed E-state index contributed by atoms with van der Waals surface area (Å²) in [7, 11) is 4.38. The summed E-state index contributed by atoms with van der Waals surface area (Å²) in [4.78, 5) is 24.9. The lowest BCUT2D eigenvalue weighted by molar-refractivity contribution is -0.143. The molecule has 0 aliphatic carbocycles. The average Bonchev–Trinajstić information content (AvgIpc) is 2.65. The molecule has 0 spiro atoms. The molecule has 0 N–H and O–H groups in total. The fraction of sp³-hybridized carbons (Fsp3) is 0.263. The van der Waals surface area contributed by atoms with Crippen LogP contribution in [-0.4, -0.2) is 33.1 Å². The van der Waals surface area contributed by atoms with E-state index in [2.05, 4.69) is 0 Å². The summed E-state index contributed by atoms with van der Waals surface area (Å²) < 4.78 is 15.2. The number of methoxy groups -OCH3 is 3. The molecule has 126 valence electrons.